The van der Waals surface area contributed by atoms with Crippen molar-refractivity contribution < 1.29 is 19.5 Å². The molecule has 6 nitrogen and oxygen atoms in total. The lowest BCUT2D eigenvalue weighted by molar-refractivity contribution is -0.138. The van der Waals surface area contributed by atoms with E-state index in [-0.39, 0.29) is 5.92 Å². The highest BCUT2D eigenvalue weighted by Gasteiger charge is 2.38. The Morgan fingerprint density at radius 2 is 1.67 bits per heavy atom. The average Bonchev–Trinajstić information content (AvgIpc) is 1.99. The summed E-state index contributed by atoms with van der Waals surface area (Å²) in [7, 11) is 0. The molecule has 1 aliphatic rings. The molecule has 2 unspecified atom stereocenters. The van der Waals surface area contributed by atoms with Gasteiger partial charge in [-0.2, -0.15) is 0 Å². The SMILES string of the molecule is CC(O)CC(C)C1C(=O)NC(=O)NC1=O. The largest absolute Gasteiger partial charge is 0.393 e. The standard InChI is InChI=1S/C9H14N2O4/c1-4(3-5(2)12)6-7(13)10-9(15)11-8(6)14/h4-6,12H,3H2,1-2H3,(H2,10,11,13,14,15). The first-order valence-corrected chi connectivity index (χ1v) is 4.75. The molecule has 3 N–H and O–H groups in total. The van der Waals surface area contributed by atoms with E-state index in [9.17, 15) is 14.4 Å². The smallest absolute Gasteiger partial charge is 0.328 e. The first-order chi connectivity index (χ1) is 6.91. The monoisotopic (exact) mass is 214 g/mol. The normalized spacial score (nSPS) is 21.9. The number of hydrogen-bond acceptors (Lipinski definition) is 4. The van der Waals surface area contributed by atoms with E-state index in [1.165, 1.54) is 0 Å². The summed E-state index contributed by atoms with van der Waals surface area (Å²) in [4.78, 5) is 33.5. The first-order valence-electron chi connectivity index (χ1n) is 4.75. The van der Waals surface area contributed by atoms with Crippen LogP contribution >= 0.6 is 0 Å². The maximum atomic E-state index is 11.4. The Morgan fingerprint density at radius 3 is 2.07 bits per heavy atom. The summed E-state index contributed by atoms with van der Waals surface area (Å²) in [6, 6.07) is -0.787. The predicted octanol–water partition coefficient (Wildman–Crippen LogP) is -0.624. The number of aliphatic hydroxyl groups is 1. The maximum Gasteiger partial charge on any atom is 0.328 e. The summed E-state index contributed by atoms with van der Waals surface area (Å²) >= 11 is 0. The second-order valence-corrected chi connectivity index (χ2v) is 3.85. The minimum absolute atomic E-state index is 0.307. The molecule has 4 amide bonds. The van der Waals surface area contributed by atoms with E-state index in [0.29, 0.717) is 6.42 Å². The highest BCUT2D eigenvalue weighted by molar-refractivity contribution is 6.16. The van der Waals surface area contributed by atoms with Crippen LogP contribution in [0.15, 0.2) is 0 Å². The molecule has 2 atom stereocenters. The van der Waals surface area contributed by atoms with Gasteiger partial charge in [-0.3, -0.25) is 20.2 Å². The molecule has 1 heterocycles. The topological polar surface area (TPSA) is 95.5 Å². The van der Waals surface area contributed by atoms with Crippen LogP contribution in [0.2, 0.25) is 0 Å². The van der Waals surface area contributed by atoms with Crippen LogP contribution in [0.25, 0.3) is 0 Å². The molecule has 0 aliphatic carbocycles. The maximum absolute atomic E-state index is 11.4. The Hall–Kier alpha value is -1.43. The van der Waals surface area contributed by atoms with E-state index in [0.717, 1.165) is 0 Å². The van der Waals surface area contributed by atoms with Crippen molar-refractivity contribution in [2.45, 2.75) is 26.4 Å². The predicted molar refractivity (Wildman–Crippen MR) is 50.6 cm³/mol. The van der Waals surface area contributed by atoms with Crippen molar-refractivity contribution in [2.75, 3.05) is 0 Å². The first kappa shape index (κ1) is 11.6. The van der Waals surface area contributed by atoms with E-state index in [1.807, 2.05) is 10.6 Å². The Labute approximate surface area is 87.0 Å². The van der Waals surface area contributed by atoms with Crippen molar-refractivity contribution in [3.8, 4) is 0 Å². The number of urea groups is 1. The van der Waals surface area contributed by atoms with Gasteiger partial charge in [0.1, 0.15) is 5.92 Å². The lowest BCUT2D eigenvalue weighted by Crippen LogP contribution is -2.57. The van der Waals surface area contributed by atoms with Gasteiger partial charge in [-0.1, -0.05) is 6.92 Å². The zero-order chi connectivity index (χ0) is 11.6. The molecule has 0 aromatic heterocycles. The molecule has 6 heteroatoms. The lowest BCUT2D eigenvalue weighted by atomic mass is 9.87. The van der Waals surface area contributed by atoms with E-state index in [4.69, 9.17) is 5.11 Å². The van der Waals surface area contributed by atoms with Crippen LogP contribution in [0.3, 0.4) is 0 Å². The van der Waals surface area contributed by atoms with Gasteiger partial charge >= 0.3 is 6.03 Å². The van der Waals surface area contributed by atoms with Crippen LogP contribution < -0.4 is 10.6 Å². The van der Waals surface area contributed by atoms with E-state index in [2.05, 4.69) is 0 Å². The molecule has 0 saturated carbocycles. The van der Waals surface area contributed by atoms with E-state index in [1.54, 1.807) is 13.8 Å². The van der Waals surface area contributed by atoms with Gasteiger partial charge in [0.15, 0.2) is 0 Å². The van der Waals surface area contributed by atoms with Crippen molar-refractivity contribution in [2.24, 2.45) is 11.8 Å². The molecule has 15 heavy (non-hydrogen) atoms. The second-order valence-electron chi connectivity index (χ2n) is 3.85. The fourth-order valence-corrected chi connectivity index (χ4v) is 1.72. The number of amides is 4. The fourth-order valence-electron chi connectivity index (χ4n) is 1.72. The number of hydrogen-bond donors (Lipinski definition) is 3. The number of imide groups is 2. The van der Waals surface area contributed by atoms with Gasteiger partial charge in [0.05, 0.1) is 6.10 Å². The molecule has 1 saturated heterocycles. The third-order valence-corrected chi connectivity index (χ3v) is 2.32. The molecule has 1 aliphatic heterocycles. The van der Waals surface area contributed by atoms with E-state index < -0.39 is 29.9 Å². The van der Waals surface area contributed by atoms with Gasteiger partial charge in [-0.05, 0) is 19.3 Å². The number of rotatable bonds is 3. The molecular weight excluding hydrogens is 200 g/mol. The summed E-state index contributed by atoms with van der Waals surface area (Å²) in [5, 5.41) is 13.2. The number of aliphatic hydroxyl groups excluding tert-OH is 1. The summed E-state index contributed by atoms with van der Waals surface area (Å²) in [6.07, 6.45) is -0.252. The van der Waals surface area contributed by atoms with Crippen LogP contribution in [0.1, 0.15) is 20.3 Å². The average molecular weight is 214 g/mol. The number of carbonyl (C=O) groups excluding carboxylic acids is 3. The molecule has 1 fully saturated rings. The molecule has 0 bridgehead atoms. The molecule has 0 aromatic rings. The number of nitrogens with one attached hydrogen (secondary N) is 2. The van der Waals surface area contributed by atoms with Crippen molar-refractivity contribution in [3.63, 3.8) is 0 Å². The Bertz CT molecular complexity index is 280. The fraction of sp³-hybridized carbons (Fsp3) is 0.667. The zero-order valence-corrected chi connectivity index (χ0v) is 8.61. The highest BCUT2D eigenvalue weighted by Crippen LogP contribution is 2.19. The van der Waals surface area contributed by atoms with Crippen LogP contribution in [0, 0.1) is 11.8 Å². The summed E-state index contributed by atoms with van der Waals surface area (Å²) in [5.41, 5.74) is 0. The third-order valence-electron chi connectivity index (χ3n) is 2.32. The molecular formula is C9H14N2O4. The molecule has 0 aromatic carbocycles. The van der Waals surface area contributed by atoms with E-state index >= 15 is 0 Å². The minimum atomic E-state index is -0.905. The summed E-state index contributed by atoms with van der Waals surface area (Å²) in [5.74, 6) is -2.41. The molecule has 0 spiro atoms. The van der Waals surface area contributed by atoms with Crippen molar-refractivity contribution in [1.29, 1.82) is 0 Å². The van der Waals surface area contributed by atoms with Crippen molar-refractivity contribution >= 4 is 17.8 Å². The zero-order valence-electron chi connectivity index (χ0n) is 8.61. The van der Waals surface area contributed by atoms with Crippen LogP contribution in [0.5, 0.6) is 0 Å². The van der Waals surface area contributed by atoms with Gasteiger partial charge in [-0.25, -0.2) is 4.79 Å². The van der Waals surface area contributed by atoms with Crippen LogP contribution in [0.4, 0.5) is 4.79 Å². The van der Waals surface area contributed by atoms with Crippen LogP contribution in [-0.2, 0) is 9.59 Å². The lowest BCUT2D eigenvalue weighted by Gasteiger charge is -2.26. The second kappa shape index (κ2) is 4.39. The highest BCUT2D eigenvalue weighted by atomic mass is 16.3. The van der Waals surface area contributed by atoms with Crippen molar-refractivity contribution in [3.05, 3.63) is 0 Å². The molecule has 84 valence electrons. The summed E-state index contributed by atoms with van der Waals surface area (Å²) < 4.78 is 0. The van der Waals surface area contributed by atoms with Gasteiger partial charge in [-0.15, -0.1) is 0 Å². The Kier molecular flexibility index (Phi) is 3.41. The van der Waals surface area contributed by atoms with Crippen molar-refractivity contribution in [1.82, 2.24) is 10.6 Å². The van der Waals surface area contributed by atoms with Crippen LogP contribution in [-0.4, -0.2) is 29.1 Å². The van der Waals surface area contributed by atoms with Gasteiger partial charge in [0.2, 0.25) is 11.8 Å². The number of barbiturate groups is 1. The number of carbonyl (C=O) groups is 3. The quantitative estimate of drug-likeness (QED) is 0.545. The van der Waals surface area contributed by atoms with Gasteiger partial charge in [0, 0.05) is 0 Å². The molecule has 1 rings (SSSR count). The minimum Gasteiger partial charge on any atom is -0.393 e. The summed E-state index contributed by atoms with van der Waals surface area (Å²) in [6.45, 7) is 3.27. The van der Waals surface area contributed by atoms with Gasteiger partial charge in [0.25, 0.3) is 0 Å². The Balaban J connectivity index is 2.71. The third kappa shape index (κ3) is 2.76. The van der Waals surface area contributed by atoms with Gasteiger partial charge < -0.3 is 5.11 Å². The molecule has 0 radical (unpaired) electrons. The Morgan fingerprint density at radius 1 is 1.20 bits per heavy atom.